The van der Waals surface area contributed by atoms with Gasteiger partial charge in [0.05, 0.1) is 6.21 Å². The fourth-order valence-electron chi connectivity index (χ4n) is 1.58. The van der Waals surface area contributed by atoms with Crippen molar-refractivity contribution in [3.05, 3.63) is 41.2 Å². The van der Waals surface area contributed by atoms with E-state index in [-0.39, 0.29) is 0 Å². The zero-order valence-corrected chi connectivity index (χ0v) is 11.3. The van der Waals surface area contributed by atoms with E-state index in [0.29, 0.717) is 17.7 Å². The molecular weight excluding hydrogens is 240 g/mol. The van der Waals surface area contributed by atoms with Crippen molar-refractivity contribution in [3.8, 4) is 0 Å². The minimum Gasteiger partial charge on any atom is -0.335 e. The largest absolute Gasteiger partial charge is 0.335 e. The molecule has 0 fully saturated rings. The first-order valence-corrected chi connectivity index (χ1v) is 6.14. The third-order valence-corrected chi connectivity index (χ3v) is 2.85. The van der Waals surface area contributed by atoms with Crippen LogP contribution in [0.1, 0.15) is 36.7 Å². The molecule has 0 amide bonds. The Morgan fingerprint density at radius 3 is 2.47 bits per heavy atom. The predicted octanol–water partition coefficient (Wildman–Crippen LogP) is 1.87. The standard InChI is InChI=1S/C13H18N6/c1-9(2)12-6-4-11(5-7-12)8-15-17-13-18-16-10(3)19(13)14/h4-9H,14H2,1-3H3,(H,17,18). The molecule has 0 unspecified atom stereocenters. The lowest BCUT2D eigenvalue weighted by atomic mass is 10.0. The highest BCUT2D eigenvalue weighted by Crippen LogP contribution is 2.13. The van der Waals surface area contributed by atoms with Crippen molar-refractivity contribution >= 4 is 12.2 Å². The van der Waals surface area contributed by atoms with Gasteiger partial charge in [-0.1, -0.05) is 38.1 Å². The van der Waals surface area contributed by atoms with Gasteiger partial charge in [0.25, 0.3) is 5.95 Å². The highest BCUT2D eigenvalue weighted by molar-refractivity contribution is 5.80. The molecule has 6 heteroatoms. The molecule has 2 aromatic rings. The maximum atomic E-state index is 5.69. The second-order valence-electron chi connectivity index (χ2n) is 4.63. The maximum absolute atomic E-state index is 5.69. The summed E-state index contributed by atoms with van der Waals surface area (Å²) in [6.45, 7) is 6.11. The van der Waals surface area contributed by atoms with Crippen molar-refractivity contribution in [3.63, 3.8) is 0 Å². The Morgan fingerprint density at radius 1 is 1.26 bits per heavy atom. The highest BCUT2D eigenvalue weighted by atomic mass is 15.5. The van der Waals surface area contributed by atoms with Gasteiger partial charge < -0.3 is 5.84 Å². The van der Waals surface area contributed by atoms with E-state index in [9.17, 15) is 0 Å². The van der Waals surface area contributed by atoms with Gasteiger partial charge in [0.2, 0.25) is 0 Å². The summed E-state index contributed by atoms with van der Waals surface area (Å²) in [6.07, 6.45) is 1.72. The van der Waals surface area contributed by atoms with E-state index in [4.69, 9.17) is 5.84 Å². The van der Waals surface area contributed by atoms with Crippen LogP contribution in [0.15, 0.2) is 29.4 Å². The predicted molar refractivity (Wildman–Crippen MR) is 76.7 cm³/mol. The van der Waals surface area contributed by atoms with Crippen LogP contribution in [0.2, 0.25) is 0 Å². The molecule has 0 saturated carbocycles. The molecule has 0 saturated heterocycles. The van der Waals surface area contributed by atoms with Crippen molar-refractivity contribution < 1.29 is 0 Å². The highest BCUT2D eigenvalue weighted by Gasteiger charge is 2.02. The van der Waals surface area contributed by atoms with Gasteiger partial charge in [-0.2, -0.15) is 5.10 Å². The van der Waals surface area contributed by atoms with Crippen molar-refractivity contribution in [2.24, 2.45) is 5.10 Å². The normalized spacial score (nSPS) is 11.4. The molecule has 19 heavy (non-hydrogen) atoms. The number of aromatic nitrogens is 3. The number of nitrogens with one attached hydrogen (secondary N) is 1. The minimum atomic E-state index is 0.410. The number of anilines is 1. The van der Waals surface area contributed by atoms with E-state index in [1.54, 1.807) is 13.1 Å². The summed E-state index contributed by atoms with van der Waals surface area (Å²) in [5.41, 5.74) is 5.07. The molecule has 1 heterocycles. The Balaban J connectivity index is 2.01. The van der Waals surface area contributed by atoms with Crippen LogP contribution in [0.4, 0.5) is 5.95 Å². The van der Waals surface area contributed by atoms with Gasteiger partial charge >= 0.3 is 0 Å². The van der Waals surface area contributed by atoms with Crippen LogP contribution < -0.4 is 11.3 Å². The molecule has 1 aromatic carbocycles. The van der Waals surface area contributed by atoms with Crippen molar-refractivity contribution in [2.75, 3.05) is 11.3 Å². The topological polar surface area (TPSA) is 81.1 Å². The monoisotopic (exact) mass is 258 g/mol. The molecule has 3 N–H and O–H groups in total. The van der Waals surface area contributed by atoms with Crippen LogP contribution in [0.5, 0.6) is 0 Å². The third-order valence-electron chi connectivity index (χ3n) is 2.85. The number of rotatable bonds is 4. The summed E-state index contributed by atoms with van der Waals surface area (Å²) >= 11 is 0. The van der Waals surface area contributed by atoms with Crippen LogP contribution in [0, 0.1) is 6.92 Å². The number of nitrogens with zero attached hydrogens (tertiary/aromatic N) is 4. The van der Waals surface area contributed by atoms with Gasteiger partial charge in [-0.15, -0.1) is 10.2 Å². The number of nitrogen functional groups attached to an aromatic ring is 1. The van der Waals surface area contributed by atoms with Crippen LogP contribution in [0.25, 0.3) is 0 Å². The zero-order chi connectivity index (χ0) is 13.8. The summed E-state index contributed by atoms with van der Waals surface area (Å²) in [4.78, 5) is 0. The average Bonchev–Trinajstić information content (AvgIpc) is 2.71. The second-order valence-corrected chi connectivity index (χ2v) is 4.63. The Labute approximate surface area is 112 Å². The molecule has 0 spiro atoms. The van der Waals surface area contributed by atoms with Crippen LogP contribution in [-0.2, 0) is 0 Å². The first-order chi connectivity index (χ1) is 9.08. The quantitative estimate of drug-likeness (QED) is 0.498. The number of hydrogen-bond acceptors (Lipinski definition) is 5. The van der Waals surface area contributed by atoms with Crippen LogP contribution in [0.3, 0.4) is 0 Å². The van der Waals surface area contributed by atoms with Crippen molar-refractivity contribution in [1.82, 2.24) is 14.9 Å². The van der Waals surface area contributed by atoms with E-state index >= 15 is 0 Å². The number of hydrazone groups is 1. The van der Waals surface area contributed by atoms with Gasteiger partial charge in [-0.25, -0.2) is 10.1 Å². The van der Waals surface area contributed by atoms with Gasteiger partial charge in [0, 0.05) is 0 Å². The Kier molecular flexibility index (Phi) is 3.79. The van der Waals surface area contributed by atoms with Crippen molar-refractivity contribution in [2.45, 2.75) is 26.7 Å². The molecule has 1 aromatic heterocycles. The SMILES string of the molecule is Cc1nnc(NN=Cc2ccc(C(C)C)cc2)n1N. The van der Waals surface area contributed by atoms with Gasteiger partial charge in [0.1, 0.15) is 0 Å². The average molecular weight is 258 g/mol. The summed E-state index contributed by atoms with van der Waals surface area (Å²) in [5, 5.41) is 11.8. The zero-order valence-electron chi connectivity index (χ0n) is 11.3. The molecular formula is C13H18N6. The fraction of sp³-hybridized carbons (Fsp3) is 0.308. The van der Waals surface area contributed by atoms with Crippen LogP contribution >= 0.6 is 0 Å². The first-order valence-electron chi connectivity index (χ1n) is 6.14. The lowest BCUT2D eigenvalue weighted by molar-refractivity contribution is 0.866. The first kappa shape index (κ1) is 13.1. The van der Waals surface area contributed by atoms with E-state index in [1.165, 1.54) is 10.2 Å². The fourth-order valence-corrected chi connectivity index (χ4v) is 1.58. The smallest absolute Gasteiger partial charge is 0.263 e. The van der Waals surface area contributed by atoms with E-state index in [0.717, 1.165) is 5.56 Å². The number of nitrogens with two attached hydrogens (primary N) is 1. The van der Waals surface area contributed by atoms with Crippen LogP contribution in [-0.4, -0.2) is 21.1 Å². The summed E-state index contributed by atoms with van der Waals surface area (Å²) in [5.74, 6) is 7.25. The Morgan fingerprint density at radius 2 is 1.95 bits per heavy atom. The molecule has 2 rings (SSSR count). The molecule has 0 aliphatic heterocycles. The summed E-state index contributed by atoms with van der Waals surface area (Å²) < 4.78 is 1.35. The maximum Gasteiger partial charge on any atom is 0.263 e. The molecule has 0 aliphatic carbocycles. The molecule has 0 radical (unpaired) electrons. The van der Waals surface area contributed by atoms with Gasteiger partial charge in [0.15, 0.2) is 5.82 Å². The molecule has 0 aliphatic rings. The molecule has 0 atom stereocenters. The lowest BCUT2D eigenvalue weighted by Crippen LogP contribution is -2.13. The van der Waals surface area contributed by atoms with Gasteiger partial charge in [-0.05, 0) is 24.0 Å². The van der Waals surface area contributed by atoms with E-state index in [2.05, 4.69) is 46.7 Å². The Bertz CT molecular complexity index is 567. The number of aryl methyl sites for hydroxylation is 1. The molecule has 100 valence electrons. The molecule has 0 bridgehead atoms. The Hall–Kier alpha value is -2.37. The summed E-state index contributed by atoms with van der Waals surface area (Å²) in [6, 6.07) is 8.25. The summed E-state index contributed by atoms with van der Waals surface area (Å²) in [7, 11) is 0. The number of benzene rings is 1. The minimum absolute atomic E-state index is 0.410. The number of hydrogen-bond donors (Lipinski definition) is 2. The second kappa shape index (κ2) is 5.51. The lowest BCUT2D eigenvalue weighted by Gasteiger charge is -2.04. The van der Waals surface area contributed by atoms with E-state index < -0.39 is 0 Å². The molecule has 6 nitrogen and oxygen atoms in total. The van der Waals surface area contributed by atoms with Gasteiger partial charge in [-0.3, -0.25) is 0 Å². The third kappa shape index (κ3) is 3.09. The van der Waals surface area contributed by atoms with E-state index in [1.807, 2.05) is 12.1 Å². The van der Waals surface area contributed by atoms with Crippen molar-refractivity contribution in [1.29, 1.82) is 0 Å².